The summed E-state index contributed by atoms with van der Waals surface area (Å²) in [5.41, 5.74) is 1.64. The first-order valence-corrected chi connectivity index (χ1v) is 9.73. The van der Waals surface area contributed by atoms with Gasteiger partial charge in [0, 0.05) is 10.4 Å². The molecule has 142 valence electrons. The van der Waals surface area contributed by atoms with E-state index >= 15 is 0 Å². The van der Waals surface area contributed by atoms with Crippen LogP contribution in [-0.2, 0) is 11.3 Å². The fourth-order valence-corrected chi connectivity index (χ4v) is 4.26. The van der Waals surface area contributed by atoms with E-state index in [0.717, 1.165) is 16.0 Å². The average molecular weight is 393 g/mol. The smallest absolute Gasteiger partial charge is 0.263 e. The molecule has 0 aliphatic carbocycles. The van der Waals surface area contributed by atoms with Gasteiger partial charge in [-0.15, -0.1) is 11.3 Å². The van der Waals surface area contributed by atoms with Crippen molar-refractivity contribution < 1.29 is 9.21 Å². The molecule has 1 amide bonds. The predicted octanol–water partition coefficient (Wildman–Crippen LogP) is 3.90. The predicted molar refractivity (Wildman–Crippen MR) is 109 cm³/mol. The van der Waals surface area contributed by atoms with Gasteiger partial charge in [0.25, 0.3) is 5.56 Å². The maximum Gasteiger partial charge on any atom is 0.263 e. The van der Waals surface area contributed by atoms with E-state index in [0.29, 0.717) is 16.0 Å². The minimum atomic E-state index is -0.279. The Bertz CT molecular complexity index is 1180. The Kier molecular flexibility index (Phi) is 4.83. The van der Waals surface area contributed by atoms with Gasteiger partial charge in [-0.05, 0) is 31.5 Å². The monoisotopic (exact) mass is 393 g/mol. The van der Waals surface area contributed by atoms with E-state index in [1.807, 2.05) is 44.2 Å². The molecule has 0 spiro atoms. The summed E-state index contributed by atoms with van der Waals surface area (Å²) in [5.74, 6) is 0.384. The molecule has 0 saturated carbocycles. The second-order valence-electron chi connectivity index (χ2n) is 6.56. The van der Waals surface area contributed by atoms with E-state index < -0.39 is 0 Å². The lowest BCUT2D eigenvalue weighted by atomic mass is 10.0. The molecule has 6 nitrogen and oxygen atoms in total. The Balaban J connectivity index is 1.66. The summed E-state index contributed by atoms with van der Waals surface area (Å²) in [4.78, 5) is 31.7. The first-order valence-electron chi connectivity index (χ1n) is 8.91. The zero-order valence-electron chi connectivity index (χ0n) is 15.5. The van der Waals surface area contributed by atoms with Crippen LogP contribution in [0.4, 0.5) is 0 Å². The van der Waals surface area contributed by atoms with Crippen molar-refractivity contribution in [3.63, 3.8) is 0 Å². The Labute approximate surface area is 165 Å². The number of aryl methyl sites for hydroxylation is 1. The number of amides is 1. The van der Waals surface area contributed by atoms with Gasteiger partial charge in [-0.25, -0.2) is 4.98 Å². The molecule has 0 radical (unpaired) electrons. The van der Waals surface area contributed by atoms with Gasteiger partial charge in [0.05, 0.1) is 24.0 Å². The Morgan fingerprint density at radius 1 is 1.25 bits per heavy atom. The fourth-order valence-electron chi connectivity index (χ4n) is 3.25. The van der Waals surface area contributed by atoms with Gasteiger partial charge in [0.1, 0.15) is 17.1 Å². The van der Waals surface area contributed by atoms with Crippen molar-refractivity contribution in [2.75, 3.05) is 0 Å². The first-order chi connectivity index (χ1) is 13.5. The molecule has 1 aromatic carbocycles. The molecule has 4 rings (SSSR count). The molecule has 0 bridgehead atoms. The van der Waals surface area contributed by atoms with Crippen LogP contribution in [0.5, 0.6) is 0 Å². The topological polar surface area (TPSA) is 77.1 Å². The van der Waals surface area contributed by atoms with Crippen LogP contribution in [0.1, 0.15) is 23.6 Å². The summed E-state index contributed by atoms with van der Waals surface area (Å²) in [6, 6.07) is 13.1. The van der Waals surface area contributed by atoms with Crippen molar-refractivity contribution in [2.24, 2.45) is 0 Å². The highest BCUT2D eigenvalue weighted by Crippen LogP contribution is 2.35. The summed E-state index contributed by atoms with van der Waals surface area (Å²) in [5, 5.41) is 3.40. The molecule has 4 aromatic rings. The zero-order valence-corrected chi connectivity index (χ0v) is 16.3. The van der Waals surface area contributed by atoms with Crippen molar-refractivity contribution in [2.45, 2.75) is 26.4 Å². The van der Waals surface area contributed by atoms with Gasteiger partial charge in [0.2, 0.25) is 5.91 Å². The number of fused-ring (bicyclic) bond motifs is 1. The van der Waals surface area contributed by atoms with E-state index in [1.165, 1.54) is 22.2 Å². The number of nitrogens with zero attached hydrogens (tertiary/aromatic N) is 2. The molecule has 1 N–H and O–H groups in total. The lowest BCUT2D eigenvalue weighted by molar-refractivity contribution is -0.122. The highest BCUT2D eigenvalue weighted by Gasteiger charge is 2.18. The largest absolute Gasteiger partial charge is 0.467 e. The number of furan rings is 1. The molecule has 28 heavy (non-hydrogen) atoms. The van der Waals surface area contributed by atoms with Gasteiger partial charge in [-0.1, -0.05) is 30.3 Å². The maximum absolute atomic E-state index is 13.1. The zero-order chi connectivity index (χ0) is 19.7. The number of carbonyl (C=O) groups excluding carboxylic acids is 1. The minimum Gasteiger partial charge on any atom is -0.467 e. The lowest BCUT2D eigenvalue weighted by Crippen LogP contribution is -2.33. The van der Waals surface area contributed by atoms with Crippen molar-refractivity contribution in [3.05, 3.63) is 76.0 Å². The van der Waals surface area contributed by atoms with Gasteiger partial charge in [-0.2, -0.15) is 0 Å². The number of hydrogen-bond acceptors (Lipinski definition) is 5. The van der Waals surface area contributed by atoms with Crippen molar-refractivity contribution in [1.82, 2.24) is 14.9 Å². The summed E-state index contributed by atoms with van der Waals surface area (Å²) < 4.78 is 6.65. The molecular formula is C21H19N3O3S. The van der Waals surface area contributed by atoms with E-state index in [2.05, 4.69) is 10.3 Å². The highest BCUT2D eigenvalue weighted by atomic mass is 32.1. The van der Waals surface area contributed by atoms with Gasteiger partial charge in [0.15, 0.2) is 0 Å². The Morgan fingerprint density at radius 2 is 2.04 bits per heavy atom. The number of hydrogen-bond donors (Lipinski definition) is 1. The molecular weight excluding hydrogens is 374 g/mol. The third-order valence-corrected chi connectivity index (χ3v) is 5.59. The van der Waals surface area contributed by atoms with Gasteiger partial charge < -0.3 is 9.73 Å². The maximum atomic E-state index is 13.1. The quantitative estimate of drug-likeness (QED) is 0.558. The van der Waals surface area contributed by atoms with Crippen LogP contribution in [0.2, 0.25) is 0 Å². The van der Waals surface area contributed by atoms with E-state index in [9.17, 15) is 9.59 Å². The number of thiophene rings is 1. The fraction of sp³-hybridized carbons (Fsp3) is 0.190. The first kappa shape index (κ1) is 18.2. The normalized spacial score (nSPS) is 12.2. The molecule has 0 fully saturated rings. The average Bonchev–Trinajstić information content (AvgIpc) is 3.32. The SMILES string of the molecule is Cc1sc2ncn(CC(=O)NC(C)c3ccco3)c(=O)c2c1-c1ccccc1. The van der Waals surface area contributed by atoms with Crippen LogP contribution < -0.4 is 10.9 Å². The molecule has 1 unspecified atom stereocenters. The van der Waals surface area contributed by atoms with Crippen LogP contribution >= 0.6 is 11.3 Å². The number of rotatable bonds is 5. The van der Waals surface area contributed by atoms with Crippen molar-refractivity contribution >= 4 is 27.5 Å². The van der Waals surface area contributed by atoms with Crippen LogP contribution in [-0.4, -0.2) is 15.5 Å². The molecule has 0 saturated heterocycles. The number of aromatic nitrogens is 2. The number of nitrogens with one attached hydrogen (secondary N) is 1. The second-order valence-corrected chi connectivity index (χ2v) is 7.76. The number of benzene rings is 1. The third-order valence-electron chi connectivity index (χ3n) is 4.58. The number of carbonyl (C=O) groups is 1. The van der Waals surface area contributed by atoms with Crippen LogP contribution in [0, 0.1) is 6.92 Å². The van der Waals surface area contributed by atoms with E-state index in [4.69, 9.17) is 4.42 Å². The van der Waals surface area contributed by atoms with Crippen LogP contribution in [0.3, 0.4) is 0 Å². The molecule has 1 atom stereocenters. The Hall–Kier alpha value is -3.19. The van der Waals surface area contributed by atoms with E-state index in [1.54, 1.807) is 18.4 Å². The third kappa shape index (κ3) is 3.36. The Morgan fingerprint density at radius 3 is 2.75 bits per heavy atom. The summed E-state index contributed by atoms with van der Waals surface area (Å²) in [6.07, 6.45) is 3.00. The summed E-state index contributed by atoms with van der Waals surface area (Å²) >= 11 is 1.49. The summed E-state index contributed by atoms with van der Waals surface area (Å²) in [7, 11) is 0. The summed E-state index contributed by atoms with van der Waals surface area (Å²) in [6.45, 7) is 3.71. The molecule has 3 aromatic heterocycles. The van der Waals surface area contributed by atoms with E-state index in [-0.39, 0.29) is 24.1 Å². The standard InChI is InChI=1S/C21H19N3O3S/c1-13(16-9-6-10-27-16)23-17(25)11-24-12-22-20-19(21(24)26)18(14(2)28-20)15-7-4-3-5-8-15/h3-10,12-13H,11H2,1-2H3,(H,23,25). The molecule has 7 heteroatoms. The highest BCUT2D eigenvalue weighted by molar-refractivity contribution is 7.19. The van der Waals surface area contributed by atoms with Gasteiger partial charge >= 0.3 is 0 Å². The lowest BCUT2D eigenvalue weighted by Gasteiger charge is -2.12. The van der Waals surface area contributed by atoms with Crippen molar-refractivity contribution in [1.29, 1.82) is 0 Å². The van der Waals surface area contributed by atoms with Gasteiger partial charge in [-0.3, -0.25) is 14.2 Å². The molecule has 3 heterocycles. The van der Waals surface area contributed by atoms with Crippen LogP contribution in [0.15, 0.2) is 64.3 Å². The van der Waals surface area contributed by atoms with Crippen LogP contribution in [0.25, 0.3) is 21.3 Å². The molecule has 0 aliphatic heterocycles. The molecule has 0 aliphatic rings. The minimum absolute atomic E-state index is 0.101. The van der Waals surface area contributed by atoms with Crippen molar-refractivity contribution in [3.8, 4) is 11.1 Å². The second kappa shape index (κ2) is 7.44.